The van der Waals surface area contributed by atoms with E-state index in [-0.39, 0.29) is 12.1 Å². The molecule has 5 nitrogen and oxygen atoms in total. The summed E-state index contributed by atoms with van der Waals surface area (Å²) in [7, 11) is 0. The van der Waals surface area contributed by atoms with E-state index in [0.29, 0.717) is 18.5 Å². The summed E-state index contributed by atoms with van der Waals surface area (Å²) in [5.41, 5.74) is 1.41. The molecule has 1 aromatic carbocycles. The minimum Gasteiger partial charge on any atom is -0.462 e. The van der Waals surface area contributed by atoms with Gasteiger partial charge in [-0.15, -0.1) is 0 Å². The van der Waals surface area contributed by atoms with Gasteiger partial charge in [0.2, 0.25) is 0 Å². The van der Waals surface area contributed by atoms with Gasteiger partial charge in [-0.05, 0) is 24.8 Å². The number of ether oxygens (including phenoxy) is 2. The molecule has 3 heterocycles. The summed E-state index contributed by atoms with van der Waals surface area (Å²) in [6.07, 6.45) is 6.25. The number of piperidine rings is 1. The SMILES string of the molecule is O=C(CCN1CCOCC1)OC1CC2CCC(C1)N2CCc1ccccc1. The Hall–Kier alpha value is -1.43. The van der Waals surface area contributed by atoms with Crippen LogP contribution in [-0.4, -0.2) is 73.3 Å². The average Bonchev–Trinajstić information content (AvgIpc) is 2.95. The standard InChI is InChI=1S/C22H32N2O3/c25-22(9-10-23-12-14-26-15-13-23)27-21-16-19-6-7-20(17-21)24(19)11-8-18-4-2-1-3-5-18/h1-5,19-21H,6-17H2. The number of benzene rings is 1. The highest BCUT2D eigenvalue weighted by molar-refractivity contribution is 5.69. The summed E-state index contributed by atoms with van der Waals surface area (Å²) < 4.78 is 11.2. The van der Waals surface area contributed by atoms with Crippen molar-refractivity contribution in [3.63, 3.8) is 0 Å². The van der Waals surface area contributed by atoms with Crippen LogP contribution in [-0.2, 0) is 20.7 Å². The number of carbonyl (C=O) groups is 1. The van der Waals surface area contributed by atoms with Crippen LogP contribution >= 0.6 is 0 Å². The fourth-order valence-electron chi connectivity index (χ4n) is 4.91. The summed E-state index contributed by atoms with van der Waals surface area (Å²) in [5, 5.41) is 0. The van der Waals surface area contributed by atoms with Gasteiger partial charge < -0.3 is 9.47 Å². The minimum atomic E-state index is -0.0244. The Morgan fingerprint density at radius 1 is 1.04 bits per heavy atom. The van der Waals surface area contributed by atoms with Crippen LogP contribution in [0, 0.1) is 0 Å². The van der Waals surface area contributed by atoms with E-state index in [4.69, 9.17) is 9.47 Å². The summed E-state index contributed by atoms with van der Waals surface area (Å²) in [6.45, 7) is 5.33. The molecule has 0 spiro atoms. The predicted molar refractivity (Wildman–Crippen MR) is 105 cm³/mol. The number of nitrogens with zero attached hydrogens (tertiary/aromatic N) is 2. The maximum Gasteiger partial charge on any atom is 0.307 e. The molecule has 3 fully saturated rings. The monoisotopic (exact) mass is 372 g/mol. The number of morpholine rings is 1. The summed E-state index contributed by atoms with van der Waals surface area (Å²) in [6, 6.07) is 11.9. The molecular weight excluding hydrogens is 340 g/mol. The third kappa shape index (κ3) is 5.09. The Morgan fingerprint density at radius 2 is 1.74 bits per heavy atom. The molecule has 0 aromatic heterocycles. The summed E-state index contributed by atoms with van der Waals surface area (Å²) in [4.78, 5) is 17.3. The quantitative estimate of drug-likeness (QED) is 0.688. The van der Waals surface area contributed by atoms with Gasteiger partial charge in [-0.1, -0.05) is 30.3 Å². The maximum absolute atomic E-state index is 12.3. The topological polar surface area (TPSA) is 42.0 Å². The fraction of sp³-hybridized carbons (Fsp3) is 0.682. The Balaban J connectivity index is 1.20. The Kier molecular flexibility index (Phi) is 6.43. The van der Waals surface area contributed by atoms with Gasteiger partial charge in [0.25, 0.3) is 0 Å². The highest BCUT2D eigenvalue weighted by Crippen LogP contribution is 2.37. The molecule has 5 heteroatoms. The first kappa shape index (κ1) is 18.9. The third-order valence-electron chi connectivity index (χ3n) is 6.38. The molecule has 0 amide bonds. The zero-order valence-corrected chi connectivity index (χ0v) is 16.2. The van der Waals surface area contributed by atoms with Crippen molar-refractivity contribution in [2.75, 3.05) is 39.4 Å². The molecule has 148 valence electrons. The van der Waals surface area contributed by atoms with Crippen molar-refractivity contribution in [2.45, 2.75) is 56.7 Å². The number of carbonyl (C=O) groups excluding carboxylic acids is 1. The van der Waals surface area contributed by atoms with Gasteiger partial charge in [-0.3, -0.25) is 14.6 Å². The van der Waals surface area contributed by atoms with E-state index in [1.54, 1.807) is 0 Å². The van der Waals surface area contributed by atoms with Gasteiger partial charge in [-0.25, -0.2) is 0 Å². The van der Waals surface area contributed by atoms with Crippen molar-refractivity contribution >= 4 is 5.97 Å². The second kappa shape index (κ2) is 9.18. The van der Waals surface area contributed by atoms with Crippen LogP contribution in [0.25, 0.3) is 0 Å². The fourth-order valence-corrected chi connectivity index (χ4v) is 4.91. The van der Waals surface area contributed by atoms with E-state index >= 15 is 0 Å². The van der Waals surface area contributed by atoms with Gasteiger partial charge >= 0.3 is 5.97 Å². The van der Waals surface area contributed by atoms with Crippen LogP contribution in [0.2, 0.25) is 0 Å². The van der Waals surface area contributed by atoms with Gasteiger partial charge in [0.05, 0.1) is 19.6 Å². The van der Waals surface area contributed by atoms with Gasteiger partial charge in [0, 0.05) is 51.1 Å². The number of fused-ring (bicyclic) bond motifs is 2. The zero-order chi connectivity index (χ0) is 18.5. The molecule has 0 saturated carbocycles. The Labute approximate surface area is 162 Å². The summed E-state index contributed by atoms with van der Waals surface area (Å²) >= 11 is 0. The largest absolute Gasteiger partial charge is 0.462 e. The summed E-state index contributed by atoms with van der Waals surface area (Å²) in [5.74, 6) is -0.0244. The van der Waals surface area contributed by atoms with E-state index in [1.165, 1.54) is 18.4 Å². The molecule has 2 atom stereocenters. The van der Waals surface area contributed by atoms with Crippen LogP contribution in [0.4, 0.5) is 0 Å². The van der Waals surface area contributed by atoms with Crippen LogP contribution in [0.15, 0.2) is 30.3 Å². The molecule has 0 N–H and O–H groups in total. The first-order chi connectivity index (χ1) is 13.3. The first-order valence-corrected chi connectivity index (χ1v) is 10.6. The van der Waals surface area contributed by atoms with E-state index < -0.39 is 0 Å². The lowest BCUT2D eigenvalue weighted by molar-refractivity contribution is -0.153. The van der Waals surface area contributed by atoms with Crippen LogP contribution in [0.5, 0.6) is 0 Å². The molecule has 3 saturated heterocycles. The van der Waals surface area contributed by atoms with Crippen molar-refractivity contribution in [3.05, 3.63) is 35.9 Å². The van der Waals surface area contributed by atoms with E-state index in [0.717, 1.165) is 58.7 Å². The van der Waals surface area contributed by atoms with Gasteiger partial charge in [0.1, 0.15) is 6.10 Å². The van der Waals surface area contributed by atoms with E-state index in [9.17, 15) is 4.79 Å². The molecule has 3 aliphatic rings. The second-order valence-electron chi connectivity index (χ2n) is 8.15. The molecule has 0 radical (unpaired) electrons. The van der Waals surface area contributed by atoms with Crippen molar-refractivity contribution in [1.82, 2.24) is 9.80 Å². The molecule has 1 aromatic rings. The van der Waals surface area contributed by atoms with Crippen LogP contribution in [0.3, 0.4) is 0 Å². The van der Waals surface area contributed by atoms with Crippen molar-refractivity contribution < 1.29 is 14.3 Å². The molecule has 4 rings (SSSR count). The lowest BCUT2D eigenvalue weighted by Crippen LogP contribution is -2.46. The Bertz CT molecular complexity index is 589. The number of esters is 1. The third-order valence-corrected chi connectivity index (χ3v) is 6.38. The number of hydrogen-bond acceptors (Lipinski definition) is 5. The number of rotatable bonds is 7. The van der Waals surface area contributed by atoms with E-state index in [2.05, 4.69) is 40.1 Å². The molecular formula is C22H32N2O3. The van der Waals surface area contributed by atoms with Crippen molar-refractivity contribution in [2.24, 2.45) is 0 Å². The lowest BCUT2D eigenvalue weighted by atomic mass is 9.98. The normalized spacial score (nSPS) is 29.0. The molecule has 2 unspecified atom stereocenters. The highest BCUT2D eigenvalue weighted by atomic mass is 16.5. The van der Waals surface area contributed by atoms with Gasteiger partial charge in [-0.2, -0.15) is 0 Å². The first-order valence-electron chi connectivity index (χ1n) is 10.6. The van der Waals surface area contributed by atoms with Gasteiger partial charge in [0.15, 0.2) is 0 Å². The van der Waals surface area contributed by atoms with Crippen LogP contribution < -0.4 is 0 Å². The molecule has 0 aliphatic carbocycles. The minimum absolute atomic E-state index is 0.0244. The second-order valence-corrected chi connectivity index (χ2v) is 8.15. The lowest BCUT2D eigenvalue weighted by Gasteiger charge is -2.38. The zero-order valence-electron chi connectivity index (χ0n) is 16.2. The van der Waals surface area contributed by atoms with E-state index in [1.807, 2.05) is 0 Å². The molecule has 27 heavy (non-hydrogen) atoms. The van der Waals surface area contributed by atoms with Crippen molar-refractivity contribution in [3.8, 4) is 0 Å². The average molecular weight is 373 g/mol. The molecule has 3 aliphatic heterocycles. The molecule has 2 bridgehead atoms. The highest BCUT2D eigenvalue weighted by Gasteiger charge is 2.41. The Morgan fingerprint density at radius 3 is 2.44 bits per heavy atom. The van der Waals surface area contributed by atoms with Crippen LogP contribution in [0.1, 0.15) is 37.7 Å². The van der Waals surface area contributed by atoms with Crippen molar-refractivity contribution in [1.29, 1.82) is 0 Å². The predicted octanol–water partition coefficient (Wildman–Crippen LogP) is 2.49. The smallest absolute Gasteiger partial charge is 0.307 e. The maximum atomic E-state index is 12.3. The number of hydrogen-bond donors (Lipinski definition) is 0.